The smallest absolute Gasteiger partial charge is 0.143 e. The van der Waals surface area contributed by atoms with Crippen LogP contribution in [0.4, 0.5) is 5.69 Å². The fourth-order valence-corrected chi connectivity index (χ4v) is 2.16. The van der Waals surface area contributed by atoms with Crippen molar-refractivity contribution in [2.75, 3.05) is 5.32 Å². The van der Waals surface area contributed by atoms with E-state index in [-0.39, 0.29) is 6.04 Å². The third kappa shape index (κ3) is 2.89. The topological polar surface area (TPSA) is 68.5 Å². The first-order valence-electron chi connectivity index (χ1n) is 6.74. The third-order valence-corrected chi connectivity index (χ3v) is 3.41. The molecule has 1 N–H and O–H groups in total. The molecule has 3 rings (SSSR count). The monoisotopic (exact) mass is 280 g/mol. The maximum absolute atomic E-state index is 4.05. The minimum Gasteiger partial charge on any atom is -0.378 e. The van der Waals surface area contributed by atoms with Gasteiger partial charge in [0.25, 0.3) is 0 Å². The van der Waals surface area contributed by atoms with E-state index in [1.54, 1.807) is 23.4 Å². The number of rotatable bonds is 4. The Kier molecular flexibility index (Phi) is 3.59. The molecule has 0 aliphatic rings. The van der Waals surface area contributed by atoms with Crippen molar-refractivity contribution in [2.24, 2.45) is 0 Å². The Labute approximate surface area is 122 Å². The molecule has 0 saturated carbocycles. The summed E-state index contributed by atoms with van der Waals surface area (Å²) in [5.74, 6) is 0. The number of benzene rings is 1. The van der Waals surface area contributed by atoms with Crippen LogP contribution in [0, 0.1) is 6.92 Å². The number of anilines is 1. The van der Waals surface area contributed by atoms with Crippen LogP contribution in [0.25, 0.3) is 5.69 Å². The minimum absolute atomic E-state index is 0.191. The number of hydrogen-bond acceptors (Lipinski definition) is 5. The molecule has 0 radical (unpaired) electrons. The summed E-state index contributed by atoms with van der Waals surface area (Å²) in [6.07, 6.45) is 5.19. The molecular weight excluding hydrogens is 264 g/mol. The molecule has 0 bridgehead atoms. The van der Waals surface area contributed by atoms with Gasteiger partial charge >= 0.3 is 0 Å². The summed E-state index contributed by atoms with van der Waals surface area (Å²) in [6.45, 7) is 4.20. The van der Waals surface area contributed by atoms with Crippen LogP contribution in [-0.4, -0.2) is 25.2 Å². The fourth-order valence-electron chi connectivity index (χ4n) is 2.16. The van der Waals surface area contributed by atoms with Gasteiger partial charge in [-0.1, -0.05) is 6.07 Å². The van der Waals surface area contributed by atoms with Gasteiger partial charge in [0, 0.05) is 24.1 Å². The van der Waals surface area contributed by atoms with Crippen LogP contribution in [-0.2, 0) is 0 Å². The van der Waals surface area contributed by atoms with Crippen LogP contribution in [0.5, 0.6) is 0 Å². The number of pyridine rings is 1. The Morgan fingerprint density at radius 1 is 1.14 bits per heavy atom. The van der Waals surface area contributed by atoms with E-state index in [2.05, 4.69) is 45.7 Å². The van der Waals surface area contributed by atoms with Crippen molar-refractivity contribution in [1.82, 2.24) is 25.2 Å². The van der Waals surface area contributed by atoms with Crippen molar-refractivity contribution in [3.8, 4) is 5.69 Å². The van der Waals surface area contributed by atoms with Crippen LogP contribution in [0.1, 0.15) is 24.1 Å². The zero-order valence-electron chi connectivity index (χ0n) is 11.9. The Morgan fingerprint density at radius 3 is 2.67 bits per heavy atom. The van der Waals surface area contributed by atoms with Gasteiger partial charge in [0.1, 0.15) is 6.33 Å². The lowest BCUT2D eigenvalue weighted by Crippen LogP contribution is -2.08. The van der Waals surface area contributed by atoms with Gasteiger partial charge < -0.3 is 5.32 Å². The molecule has 2 aromatic heterocycles. The van der Waals surface area contributed by atoms with Crippen LogP contribution in [0.2, 0.25) is 0 Å². The number of nitrogens with one attached hydrogen (secondary N) is 1. The summed E-state index contributed by atoms with van der Waals surface area (Å²) < 4.78 is 1.64. The highest BCUT2D eigenvalue weighted by atomic mass is 15.5. The predicted octanol–water partition coefficient (Wildman–Crippen LogP) is 2.54. The molecular formula is C15H16N6. The largest absolute Gasteiger partial charge is 0.378 e. The van der Waals surface area contributed by atoms with Gasteiger partial charge in [-0.05, 0) is 59.7 Å². The summed E-state index contributed by atoms with van der Waals surface area (Å²) in [5.41, 5.74) is 4.35. The van der Waals surface area contributed by atoms with Gasteiger partial charge in [0.15, 0.2) is 0 Å². The zero-order chi connectivity index (χ0) is 14.7. The second-order valence-electron chi connectivity index (χ2n) is 4.90. The molecule has 6 nitrogen and oxygen atoms in total. The molecule has 0 spiro atoms. The first-order chi connectivity index (χ1) is 10.2. The summed E-state index contributed by atoms with van der Waals surface area (Å²) >= 11 is 0. The number of aromatic nitrogens is 5. The molecule has 1 unspecified atom stereocenters. The highest BCUT2D eigenvalue weighted by Crippen LogP contribution is 2.24. The lowest BCUT2D eigenvalue weighted by molar-refractivity contribution is 0.788. The lowest BCUT2D eigenvalue weighted by atomic mass is 10.1. The van der Waals surface area contributed by atoms with E-state index in [0.717, 1.165) is 11.4 Å². The van der Waals surface area contributed by atoms with Gasteiger partial charge in [0.2, 0.25) is 0 Å². The van der Waals surface area contributed by atoms with Gasteiger partial charge in [-0.2, -0.15) is 0 Å². The first-order valence-corrected chi connectivity index (χ1v) is 6.74. The molecule has 0 saturated heterocycles. The average Bonchev–Trinajstić information content (AvgIpc) is 3.04. The van der Waals surface area contributed by atoms with Gasteiger partial charge in [-0.25, -0.2) is 4.68 Å². The molecule has 0 amide bonds. The number of nitrogens with zero attached hydrogens (tertiary/aromatic N) is 5. The van der Waals surface area contributed by atoms with E-state index in [9.17, 15) is 0 Å². The molecule has 1 aromatic carbocycles. The number of hydrogen-bond donors (Lipinski definition) is 1. The van der Waals surface area contributed by atoms with Crippen molar-refractivity contribution in [3.63, 3.8) is 0 Å². The highest BCUT2D eigenvalue weighted by Gasteiger charge is 2.08. The third-order valence-electron chi connectivity index (χ3n) is 3.41. The summed E-state index contributed by atoms with van der Waals surface area (Å²) in [7, 11) is 0. The molecule has 0 aliphatic carbocycles. The van der Waals surface area contributed by atoms with Crippen molar-refractivity contribution in [2.45, 2.75) is 19.9 Å². The van der Waals surface area contributed by atoms with E-state index in [1.165, 1.54) is 11.1 Å². The fraction of sp³-hybridized carbons (Fsp3) is 0.200. The Hall–Kier alpha value is -2.76. The summed E-state index contributed by atoms with van der Waals surface area (Å²) in [4.78, 5) is 4.05. The molecule has 6 heteroatoms. The molecule has 106 valence electrons. The van der Waals surface area contributed by atoms with Crippen molar-refractivity contribution in [3.05, 3.63) is 60.2 Å². The van der Waals surface area contributed by atoms with E-state index >= 15 is 0 Å². The van der Waals surface area contributed by atoms with Gasteiger partial charge in [-0.3, -0.25) is 4.98 Å². The van der Waals surface area contributed by atoms with Crippen molar-refractivity contribution < 1.29 is 0 Å². The van der Waals surface area contributed by atoms with Crippen molar-refractivity contribution in [1.29, 1.82) is 0 Å². The molecule has 21 heavy (non-hydrogen) atoms. The Bertz CT molecular complexity index is 708. The lowest BCUT2D eigenvalue weighted by Gasteiger charge is -2.18. The molecule has 1 atom stereocenters. The van der Waals surface area contributed by atoms with Gasteiger partial charge in [0.05, 0.1) is 5.69 Å². The van der Waals surface area contributed by atoms with E-state index in [1.807, 2.05) is 24.3 Å². The van der Waals surface area contributed by atoms with Gasteiger partial charge in [-0.15, -0.1) is 5.10 Å². The van der Waals surface area contributed by atoms with Crippen LogP contribution in [0.3, 0.4) is 0 Å². The number of aryl methyl sites for hydroxylation is 1. The first kappa shape index (κ1) is 13.2. The number of tetrazole rings is 1. The quantitative estimate of drug-likeness (QED) is 0.795. The van der Waals surface area contributed by atoms with Crippen LogP contribution in [0.15, 0.2) is 49.1 Å². The maximum atomic E-state index is 4.05. The zero-order valence-corrected chi connectivity index (χ0v) is 11.9. The van der Waals surface area contributed by atoms with E-state index in [4.69, 9.17) is 0 Å². The van der Waals surface area contributed by atoms with Crippen LogP contribution < -0.4 is 5.32 Å². The molecule has 0 aliphatic heterocycles. The SMILES string of the molecule is Cc1ccc(-n2cnnn2)cc1NC(C)c1ccncc1. The highest BCUT2D eigenvalue weighted by molar-refractivity contribution is 5.57. The normalized spacial score (nSPS) is 12.1. The predicted molar refractivity (Wildman–Crippen MR) is 80.2 cm³/mol. The Balaban J connectivity index is 1.86. The minimum atomic E-state index is 0.191. The van der Waals surface area contributed by atoms with Crippen LogP contribution >= 0.6 is 0 Å². The molecule has 3 aromatic rings. The molecule has 0 fully saturated rings. The van der Waals surface area contributed by atoms with Crippen molar-refractivity contribution >= 4 is 5.69 Å². The standard InChI is InChI=1S/C15H16N6/c1-11-3-4-14(21-10-17-19-20-21)9-15(11)18-12(2)13-5-7-16-8-6-13/h3-10,12,18H,1-2H3. The van der Waals surface area contributed by atoms with E-state index in [0.29, 0.717) is 0 Å². The summed E-state index contributed by atoms with van der Waals surface area (Å²) in [6, 6.07) is 10.3. The second kappa shape index (κ2) is 5.70. The second-order valence-corrected chi connectivity index (χ2v) is 4.90. The maximum Gasteiger partial charge on any atom is 0.143 e. The average molecular weight is 280 g/mol. The molecule has 2 heterocycles. The Morgan fingerprint density at radius 2 is 1.95 bits per heavy atom. The van der Waals surface area contributed by atoms with E-state index < -0.39 is 0 Å². The summed E-state index contributed by atoms with van der Waals surface area (Å²) in [5, 5.41) is 14.8.